The fraction of sp³-hybridized carbons (Fsp3) is 0.375. The number of hydrogen-bond donors (Lipinski definition) is 0. The molecule has 2 aromatic heterocycles. The number of ether oxygens (including phenoxy) is 4. The van der Waals surface area contributed by atoms with E-state index in [9.17, 15) is 9.18 Å². The van der Waals surface area contributed by atoms with E-state index >= 15 is 0 Å². The zero-order valence-electron chi connectivity index (χ0n) is 24.2. The fourth-order valence-electron chi connectivity index (χ4n) is 5.95. The van der Waals surface area contributed by atoms with Crippen LogP contribution in [0.5, 0.6) is 11.6 Å². The third-order valence-electron chi connectivity index (χ3n) is 8.43. The Morgan fingerprint density at radius 1 is 1.16 bits per heavy atom. The predicted octanol–water partition coefficient (Wildman–Crippen LogP) is 3.68. The Morgan fingerprint density at radius 2 is 2.05 bits per heavy atom. The molecule has 0 bridgehead atoms. The van der Waals surface area contributed by atoms with Crippen LogP contribution in [0, 0.1) is 17.1 Å². The van der Waals surface area contributed by atoms with Crippen molar-refractivity contribution < 1.29 is 28.1 Å². The summed E-state index contributed by atoms with van der Waals surface area (Å²) in [5.41, 5.74) is 2.83. The van der Waals surface area contributed by atoms with Gasteiger partial charge in [-0.05, 0) is 42.8 Å². The number of carbonyl (C=O) groups is 1. The standard InChI is InChI=1S/C32H31FN6O5/c1-41-32(40)21-4-5-26-27(13-21)39(16-24-8-11-42-24)29(35-26)17-37-9-10-38-23(15-37)19-43-28-6-7-30(36-31(28)38)44-18-22-3-2-20(14-34)12-25(22)33/h2-7,12-13,23-24H,8-11,15-19H2,1H3/t23?,24-/m0/s1. The van der Waals surface area contributed by atoms with Crippen LogP contribution < -0.4 is 14.4 Å². The van der Waals surface area contributed by atoms with Crippen LogP contribution in [0.3, 0.4) is 0 Å². The molecule has 2 aromatic carbocycles. The summed E-state index contributed by atoms with van der Waals surface area (Å²) in [6, 6.07) is 15.4. The van der Waals surface area contributed by atoms with Gasteiger partial charge in [0.1, 0.15) is 24.9 Å². The number of halogens is 1. The summed E-state index contributed by atoms with van der Waals surface area (Å²) >= 11 is 0. The summed E-state index contributed by atoms with van der Waals surface area (Å²) in [7, 11) is 1.38. The predicted molar refractivity (Wildman–Crippen MR) is 157 cm³/mol. The second kappa shape index (κ2) is 11.7. The molecule has 5 heterocycles. The molecule has 44 heavy (non-hydrogen) atoms. The third kappa shape index (κ3) is 5.40. The van der Waals surface area contributed by atoms with E-state index in [1.807, 2.05) is 24.3 Å². The average molecular weight is 599 g/mol. The highest BCUT2D eigenvalue weighted by atomic mass is 19.1. The van der Waals surface area contributed by atoms with E-state index in [1.54, 1.807) is 24.3 Å². The van der Waals surface area contributed by atoms with Gasteiger partial charge in [-0.25, -0.2) is 14.2 Å². The van der Waals surface area contributed by atoms with Gasteiger partial charge in [-0.1, -0.05) is 6.07 Å². The van der Waals surface area contributed by atoms with Crippen molar-refractivity contribution >= 4 is 22.8 Å². The van der Waals surface area contributed by atoms with Crippen LogP contribution in [0.4, 0.5) is 10.2 Å². The molecular formula is C32H31FN6O5. The molecule has 1 unspecified atom stereocenters. The molecule has 12 heteroatoms. The van der Waals surface area contributed by atoms with Gasteiger partial charge in [0.25, 0.3) is 0 Å². The zero-order chi connectivity index (χ0) is 30.2. The van der Waals surface area contributed by atoms with Crippen molar-refractivity contribution in [2.45, 2.75) is 38.3 Å². The number of benzene rings is 2. The van der Waals surface area contributed by atoms with Gasteiger partial charge in [0.2, 0.25) is 5.88 Å². The maximum atomic E-state index is 14.3. The quantitative estimate of drug-likeness (QED) is 0.278. The number of rotatable bonds is 8. The van der Waals surface area contributed by atoms with Gasteiger partial charge >= 0.3 is 5.97 Å². The lowest BCUT2D eigenvalue weighted by Gasteiger charge is -2.44. The number of anilines is 1. The van der Waals surface area contributed by atoms with E-state index in [4.69, 9.17) is 34.2 Å². The Morgan fingerprint density at radius 3 is 2.82 bits per heavy atom. The van der Waals surface area contributed by atoms with E-state index in [0.717, 1.165) is 49.5 Å². The van der Waals surface area contributed by atoms with Gasteiger partial charge in [0.15, 0.2) is 11.6 Å². The second-order valence-corrected chi connectivity index (χ2v) is 11.2. The number of aromatic nitrogens is 3. The number of pyridine rings is 1. The lowest BCUT2D eigenvalue weighted by molar-refractivity contribution is -0.0592. The molecule has 0 N–H and O–H groups in total. The van der Waals surface area contributed by atoms with Crippen molar-refractivity contribution in [1.29, 1.82) is 5.26 Å². The van der Waals surface area contributed by atoms with Crippen molar-refractivity contribution in [2.75, 3.05) is 44.9 Å². The van der Waals surface area contributed by atoms with Crippen LogP contribution >= 0.6 is 0 Å². The minimum absolute atomic E-state index is 0.00455. The normalized spacial score (nSPS) is 19.3. The van der Waals surface area contributed by atoms with E-state index in [1.165, 1.54) is 13.2 Å². The molecule has 4 aromatic rings. The molecule has 2 atom stereocenters. The summed E-state index contributed by atoms with van der Waals surface area (Å²) in [6.07, 6.45) is 1.12. The Kier molecular flexibility index (Phi) is 7.49. The first-order valence-corrected chi connectivity index (χ1v) is 14.6. The summed E-state index contributed by atoms with van der Waals surface area (Å²) in [5, 5.41) is 8.98. The first-order valence-electron chi connectivity index (χ1n) is 14.6. The molecule has 11 nitrogen and oxygen atoms in total. The summed E-state index contributed by atoms with van der Waals surface area (Å²) in [6.45, 7) is 4.87. The van der Waals surface area contributed by atoms with Gasteiger partial charge in [-0.15, -0.1) is 0 Å². The number of methoxy groups -OCH3 is 1. The van der Waals surface area contributed by atoms with E-state index in [0.29, 0.717) is 48.3 Å². The van der Waals surface area contributed by atoms with Crippen LogP contribution in [-0.2, 0) is 29.2 Å². The molecule has 0 aliphatic carbocycles. The monoisotopic (exact) mass is 598 g/mol. The highest BCUT2D eigenvalue weighted by Gasteiger charge is 2.35. The Balaban J connectivity index is 1.06. The molecule has 3 aliphatic rings. The maximum Gasteiger partial charge on any atom is 0.337 e. The average Bonchev–Trinajstić information content (AvgIpc) is 3.36. The summed E-state index contributed by atoms with van der Waals surface area (Å²) in [4.78, 5) is 26.5. The van der Waals surface area contributed by atoms with Crippen LogP contribution in [0.1, 0.15) is 33.7 Å². The second-order valence-electron chi connectivity index (χ2n) is 11.2. The van der Waals surface area contributed by atoms with Crippen molar-refractivity contribution in [2.24, 2.45) is 0 Å². The lowest BCUT2D eigenvalue weighted by Crippen LogP contribution is -2.57. The molecule has 226 valence electrons. The van der Waals surface area contributed by atoms with Gasteiger partial charge in [-0.3, -0.25) is 4.90 Å². The molecule has 0 saturated carbocycles. The molecule has 7 rings (SSSR count). The number of hydrogen-bond acceptors (Lipinski definition) is 10. The van der Waals surface area contributed by atoms with E-state index in [2.05, 4.69) is 14.4 Å². The molecule has 2 fully saturated rings. The van der Waals surface area contributed by atoms with Crippen molar-refractivity contribution in [3.05, 3.63) is 76.9 Å². The smallest absolute Gasteiger partial charge is 0.337 e. The highest BCUT2D eigenvalue weighted by molar-refractivity contribution is 5.93. The SMILES string of the molecule is COC(=O)c1ccc2nc(CN3CCN4c5nc(OCc6ccc(C#N)cc6F)ccc5OCC4C3)n(C[C@@H]3CCO3)c2c1. The van der Waals surface area contributed by atoms with Gasteiger partial charge in [-0.2, -0.15) is 10.2 Å². The van der Waals surface area contributed by atoms with E-state index < -0.39 is 5.82 Å². The number of nitriles is 1. The van der Waals surface area contributed by atoms with Crippen LogP contribution in [0.15, 0.2) is 48.5 Å². The third-order valence-corrected chi connectivity index (χ3v) is 8.43. The molecule has 2 saturated heterocycles. The van der Waals surface area contributed by atoms with E-state index in [-0.39, 0.29) is 30.3 Å². The summed E-state index contributed by atoms with van der Waals surface area (Å²) in [5.74, 6) is 1.83. The number of imidazole rings is 1. The Labute approximate surface area is 253 Å². The number of piperazine rings is 1. The number of esters is 1. The zero-order valence-corrected chi connectivity index (χ0v) is 24.2. The fourth-order valence-corrected chi connectivity index (χ4v) is 5.95. The minimum Gasteiger partial charge on any atom is -0.488 e. The number of carbonyl (C=O) groups excluding carboxylic acids is 1. The van der Waals surface area contributed by atoms with Gasteiger partial charge < -0.3 is 28.4 Å². The van der Waals surface area contributed by atoms with Crippen LogP contribution in [0.25, 0.3) is 11.0 Å². The largest absolute Gasteiger partial charge is 0.488 e. The topological polar surface area (TPSA) is 115 Å². The maximum absolute atomic E-state index is 14.3. The first-order chi connectivity index (χ1) is 21.5. The van der Waals surface area contributed by atoms with Crippen LogP contribution in [-0.4, -0.2) is 77.5 Å². The van der Waals surface area contributed by atoms with Crippen molar-refractivity contribution in [1.82, 2.24) is 19.4 Å². The Hall–Kier alpha value is -4.73. The summed E-state index contributed by atoms with van der Waals surface area (Å²) < 4.78 is 39.1. The molecule has 0 amide bonds. The van der Waals surface area contributed by atoms with Crippen LogP contribution in [0.2, 0.25) is 0 Å². The molecule has 0 radical (unpaired) electrons. The Bertz CT molecular complexity index is 1770. The number of nitrogens with zero attached hydrogens (tertiary/aromatic N) is 6. The first kappa shape index (κ1) is 28.1. The number of fused-ring (bicyclic) bond motifs is 4. The molecular weight excluding hydrogens is 567 g/mol. The van der Waals surface area contributed by atoms with Crippen molar-refractivity contribution in [3.8, 4) is 17.7 Å². The molecule has 0 spiro atoms. The minimum atomic E-state index is -0.487. The van der Waals surface area contributed by atoms with Crippen molar-refractivity contribution in [3.63, 3.8) is 0 Å². The van der Waals surface area contributed by atoms with Gasteiger partial charge in [0, 0.05) is 37.9 Å². The molecule has 3 aliphatic heterocycles. The van der Waals surface area contributed by atoms with Gasteiger partial charge in [0.05, 0.1) is 60.6 Å². The lowest BCUT2D eigenvalue weighted by atomic mass is 10.1. The highest BCUT2D eigenvalue weighted by Crippen LogP contribution is 2.36.